The van der Waals surface area contributed by atoms with E-state index in [1.54, 1.807) is 29.9 Å². The quantitative estimate of drug-likeness (QED) is 0.668. The van der Waals surface area contributed by atoms with Gasteiger partial charge in [0.05, 0.1) is 11.9 Å². The smallest absolute Gasteiger partial charge is 0.143 e. The van der Waals surface area contributed by atoms with E-state index in [0.29, 0.717) is 0 Å². The minimum atomic E-state index is 0.774. The minimum Gasteiger partial charge on any atom is -0.306 e. The van der Waals surface area contributed by atoms with Crippen LogP contribution in [-0.4, -0.2) is 32.9 Å². The molecule has 0 radical (unpaired) electrons. The number of rotatable bonds is 7. The Morgan fingerprint density at radius 1 is 1.04 bits per heavy atom. The summed E-state index contributed by atoms with van der Waals surface area (Å²) in [5, 5.41) is 8.83. The van der Waals surface area contributed by atoms with Crippen molar-refractivity contribution in [2.24, 2.45) is 0 Å². The van der Waals surface area contributed by atoms with Crippen LogP contribution in [0.25, 0.3) is 10.7 Å². The molecule has 1 aliphatic rings. The number of likely N-dealkylation sites (tertiary alicyclic amines) is 1. The average Bonchev–Trinajstić information content (AvgIpc) is 3.33. The number of nitrogens with one attached hydrogen (secondary N) is 1. The minimum absolute atomic E-state index is 0.774. The maximum Gasteiger partial charge on any atom is 0.143 e. The van der Waals surface area contributed by atoms with Crippen molar-refractivity contribution in [2.75, 3.05) is 13.1 Å². The summed E-state index contributed by atoms with van der Waals surface area (Å²) in [4.78, 5) is 17.0. The Morgan fingerprint density at radius 3 is 2.81 bits per heavy atom. The lowest BCUT2D eigenvalue weighted by molar-refractivity contribution is 0.221. The molecule has 0 unspecified atom stereocenters. The molecule has 7 heteroatoms. The van der Waals surface area contributed by atoms with Crippen LogP contribution >= 0.6 is 22.7 Å². The summed E-state index contributed by atoms with van der Waals surface area (Å²) >= 11 is 3.47. The molecule has 1 saturated heterocycles. The normalized spacial score (nSPS) is 15.4. The number of aromatic nitrogens is 3. The molecular formula is C19H23N5S2. The second-order valence-corrected chi connectivity index (χ2v) is 8.45. The van der Waals surface area contributed by atoms with Gasteiger partial charge in [-0.05, 0) is 42.9 Å². The molecule has 1 aliphatic heterocycles. The van der Waals surface area contributed by atoms with Crippen LogP contribution in [0.4, 0.5) is 0 Å². The van der Waals surface area contributed by atoms with Crippen LogP contribution in [0.15, 0.2) is 35.4 Å². The second-order valence-electron chi connectivity index (χ2n) is 6.60. The molecule has 0 aromatic carbocycles. The van der Waals surface area contributed by atoms with Crippen LogP contribution in [0.3, 0.4) is 0 Å². The Balaban J connectivity index is 1.25. The van der Waals surface area contributed by atoms with E-state index >= 15 is 0 Å². The lowest BCUT2D eigenvalue weighted by Crippen LogP contribution is -2.28. The lowest BCUT2D eigenvalue weighted by Gasteiger charge is -2.25. The highest BCUT2D eigenvalue weighted by atomic mass is 32.1. The molecule has 0 amide bonds. The van der Waals surface area contributed by atoms with Gasteiger partial charge in [0.25, 0.3) is 0 Å². The summed E-state index contributed by atoms with van der Waals surface area (Å²) < 4.78 is 0. The summed E-state index contributed by atoms with van der Waals surface area (Å²) in [5.41, 5.74) is 3.34. The van der Waals surface area contributed by atoms with Gasteiger partial charge in [-0.3, -0.25) is 14.9 Å². The zero-order chi connectivity index (χ0) is 17.6. The van der Waals surface area contributed by atoms with Crippen molar-refractivity contribution in [1.82, 2.24) is 25.2 Å². The van der Waals surface area contributed by atoms with Crippen molar-refractivity contribution >= 4 is 22.7 Å². The first-order chi connectivity index (χ1) is 12.9. The first-order valence-corrected chi connectivity index (χ1v) is 10.8. The molecule has 4 heterocycles. The zero-order valence-electron chi connectivity index (χ0n) is 14.7. The van der Waals surface area contributed by atoms with Gasteiger partial charge >= 0.3 is 0 Å². The predicted molar refractivity (Wildman–Crippen MR) is 107 cm³/mol. The van der Waals surface area contributed by atoms with Crippen LogP contribution in [-0.2, 0) is 19.6 Å². The number of hydrogen-bond donors (Lipinski definition) is 1. The second kappa shape index (κ2) is 8.81. The predicted octanol–water partition coefficient (Wildman–Crippen LogP) is 3.94. The number of thiazole rings is 1. The Labute approximate surface area is 162 Å². The molecule has 0 bridgehead atoms. The van der Waals surface area contributed by atoms with E-state index in [0.717, 1.165) is 36.0 Å². The van der Waals surface area contributed by atoms with E-state index in [1.165, 1.54) is 42.8 Å². The summed E-state index contributed by atoms with van der Waals surface area (Å²) in [6.07, 6.45) is 9.23. The monoisotopic (exact) mass is 385 g/mol. The van der Waals surface area contributed by atoms with E-state index in [4.69, 9.17) is 0 Å². The van der Waals surface area contributed by atoms with Gasteiger partial charge in [-0.25, -0.2) is 4.98 Å². The number of thiophene rings is 1. The molecule has 3 aromatic heterocycles. The highest BCUT2D eigenvalue weighted by molar-refractivity contribution is 7.13. The molecule has 0 atom stereocenters. The van der Waals surface area contributed by atoms with Crippen molar-refractivity contribution in [1.29, 1.82) is 0 Å². The Kier molecular flexibility index (Phi) is 6.01. The largest absolute Gasteiger partial charge is 0.306 e. The van der Waals surface area contributed by atoms with Crippen LogP contribution < -0.4 is 5.32 Å². The highest BCUT2D eigenvalue weighted by Crippen LogP contribution is 2.21. The van der Waals surface area contributed by atoms with E-state index in [-0.39, 0.29) is 0 Å². The van der Waals surface area contributed by atoms with Gasteiger partial charge in [0.15, 0.2) is 0 Å². The van der Waals surface area contributed by atoms with Gasteiger partial charge < -0.3 is 5.32 Å². The third-order valence-corrected chi connectivity index (χ3v) is 6.40. The maximum atomic E-state index is 4.64. The highest BCUT2D eigenvalue weighted by Gasteiger charge is 2.11. The molecule has 0 saturated carbocycles. The standard InChI is InChI=1S/C19H23N5S2/c1-2-6-24(7-3-1)12-15-8-17(25-13-15)10-21-9-16-14-26-19(23-16)18-11-20-4-5-22-18/h4-5,8,11,13-14,21H,1-3,6-7,9-10,12H2. The van der Waals surface area contributed by atoms with Gasteiger partial charge in [-0.1, -0.05) is 6.42 Å². The average molecular weight is 386 g/mol. The summed E-state index contributed by atoms with van der Waals surface area (Å²) in [6.45, 7) is 5.27. The molecule has 0 spiro atoms. The first-order valence-electron chi connectivity index (χ1n) is 9.07. The Hall–Kier alpha value is -1.67. The lowest BCUT2D eigenvalue weighted by atomic mass is 10.1. The third kappa shape index (κ3) is 4.73. The van der Waals surface area contributed by atoms with Crippen LogP contribution in [0.1, 0.15) is 35.4 Å². The molecule has 1 N–H and O–H groups in total. The molecular weight excluding hydrogens is 362 g/mol. The van der Waals surface area contributed by atoms with Gasteiger partial charge in [-0.2, -0.15) is 0 Å². The SMILES string of the molecule is c1cnc(-c2nc(CNCc3cc(CN4CCCCC4)cs3)cs2)cn1. The molecule has 1 fully saturated rings. The van der Waals surface area contributed by atoms with E-state index in [1.807, 2.05) is 11.3 Å². The fourth-order valence-corrected chi connectivity index (χ4v) is 4.84. The third-order valence-electron chi connectivity index (χ3n) is 4.50. The summed E-state index contributed by atoms with van der Waals surface area (Å²) in [5.74, 6) is 0. The van der Waals surface area contributed by atoms with Crippen molar-refractivity contribution in [2.45, 2.75) is 38.9 Å². The van der Waals surface area contributed by atoms with Crippen LogP contribution in [0, 0.1) is 0 Å². The van der Waals surface area contributed by atoms with Gasteiger partial charge in [0.2, 0.25) is 0 Å². The van der Waals surface area contributed by atoms with Crippen LogP contribution in [0.5, 0.6) is 0 Å². The van der Waals surface area contributed by atoms with E-state index in [9.17, 15) is 0 Å². The Bertz CT molecular complexity index is 808. The molecule has 3 aromatic rings. The van der Waals surface area contributed by atoms with Gasteiger partial charge in [-0.15, -0.1) is 22.7 Å². The van der Waals surface area contributed by atoms with E-state index < -0.39 is 0 Å². The number of nitrogens with zero attached hydrogens (tertiary/aromatic N) is 4. The Morgan fingerprint density at radius 2 is 1.96 bits per heavy atom. The van der Waals surface area contributed by atoms with Gasteiger partial charge in [0.1, 0.15) is 10.7 Å². The van der Waals surface area contributed by atoms with Gasteiger partial charge in [0, 0.05) is 42.3 Å². The molecule has 4 rings (SSSR count). The fraction of sp³-hybridized carbons (Fsp3) is 0.421. The van der Waals surface area contributed by atoms with Crippen molar-refractivity contribution < 1.29 is 0 Å². The molecule has 0 aliphatic carbocycles. The molecule has 26 heavy (non-hydrogen) atoms. The van der Waals surface area contributed by atoms with Crippen molar-refractivity contribution in [3.8, 4) is 10.7 Å². The fourth-order valence-electron chi connectivity index (χ4n) is 3.21. The van der Waals surface area contributed by atoms with E-state index in [2.05, 4.69) is 42.0 Å². The summed E-state index contributed by atoms with van der Waals surface area (Å²) in [7, 11) is 0. The van der Waals surface area contributed by atoms with Crippen molar-refractivity contribution in [3.63, 3.8) is 0 Å². The summed E-state index contributed by atoms with van der Waals surface area (Å²) in [6, 6.07) is 2.35. The maximum absolute atomic E-state index is 4.64. The zero-order valence-corrected chi connectivity index (χ0v) is 16.4. The number of piperidine rings is 1. The molecule has 5 nitrogen and oxygen atoms in total. The topological polar surface area (TPSA) is 53.9 Å². The first kappa shape index (κ1) is 17.7. The van der Waals surface area contributed by atoms with Crippen molar-refractivity contribution in [3.05, 3.63) is 51.6 Å². The van der Waals surface area contributed by atoms with Crippen LogP contribution in [0.2, 0.25) is 0 Å². The number of hydrogen-bond acceptors (Lipinski definition) is 7. The molecule has 136 valence electrons.